The van der Waals surface area contributed by atoms with E-state index in [0.717, 1.165) is 11.1 Å². The number of aliphatic hydroxyl groups excluding tert-OH is 2. The summed E-state index contributed by atoms with van der Waals surface area (Å²) in [5, 5.41) is 18.0. The first-order valence-corrected chi connectivity index (χ1v) is 3.68. The van der Waals surface area contributed by atoms with Crippen molar-refractivity contribution < 1.29 is 10.2 Å². The molecule has 2 heteroatoms. The molecule has 0 rings (SSSR count). The molecule has 0 radical (unpaired) electrons. The Bertz CT molecular complexity index is 155. The zero-order valence-electron chi connectivity index (χ0n) is 7.17. The first-order chi connectivity index (χ1) is 5.11. The maximum absolute atomic E-state index is 9.14. The van der Waals surface area contributed by atoms with Crippen LogP contribution in [-0.4, -0.2) is 22.9 Å². The summed E-state index contributed by atoms with van der Waals surface area (Å²) in [6.45, 7) is 7.31. The molecule has 0 aliphatic rings. The second-order valence-corrected chi connectivity index (χ2v) is 2.77. The molecule has 1 atom stereocenters. The van der Waals surface area contributed by atoms with Crippen LogP contribution in [0.3, 0.4) is 0 Å². The second kappa shape index (κ2) is 5.10. The maximum Gasteiger partial charge on any atom is 0.0756 e. The number of aliphatic hydroxyl groups is 2. The van der Waals surface area contributed by atoms with E-state index >= 15 is 0 Å². The van der Waals surface area contributed by atoms with Gasteiger partial charge in [0.05, 0.1) is 12.7 Å². The van der Waals surface area contributed by atoms with Gasteiger partial charge in [-0.15, -0.1) is 6.58 Å². The molecule has 0 spiro atoms. The summed E-state index contributed by atoms with van der Waals surface area (Å²) >= 11 is 0. The Kier molecular flexibility index (Phi) is 4.83. The lowest BCUT2D eigenvalue weighted by atomic mass is 10.0. The molecule has 0 saturated heterocycles. The van der Waals surface area contributed by atoms with Gasteiger partial charge in [-0.2, -0.15) is 0 Å². The monoisotopic (exact) mass is 156 g/mol. The third-order valence-electron chi connectivity index (χ3n) is 1.63. The molecule has 2 nitrogen and oxygen atoms in total. The van der Waals surface area contributed by atoms with Gasteiger partial charge >= 0.3 is 0 Å². The van der Waals surface area contributed by atoms with Crippen LogP contribution in [0.5, 0.6) is 0 Å². The van der Waals surface area contributed by atoms with Gasteiger partial charge in [-0.25, -0.2) is 0 Å². The van der Waals surface area contributed by atoms with Gasteiger partial charge in [-0.1, -0.05) is 11.6 Å². The van der Waals surface area contributed by atoms with Gasteiger partial charge in [-0.3, -0.25) is 0 Å². The number of hydrogen-bond donors (Lipinski definition) is 2. The van der Waals surface area contributed by atoms with Crippen molar-refractivity contribution in [3.05, 3.63) is 23.8 Å². The smallest absolute Gasteiger partial charge is 0.0756 e. The SMILES string of the molecule is C=CC(O)CC(CO)=C(C)C. The van der Waals surface area contributed by atoms with E-state index in [4.69, 9.17) is 10.2 Å². The molecule has 0 fully saturated rings. The van der Waals surface area contributed by atoms with Crippen LogP contribution in [-0.2, 0) is 0 Å². The molecule has 0 amide bonds. The summed E-state index contributed by atoms with van der Waals surface area (Å²) in [7, 11) is 0. The summed E-state index contributed by atoms with van der Waals surface area (Å²) in [4.78, 5) is 0. The Hall–Kier alpha value is -0.600. The van der Waals surface area contributed by atoms with Crippen molar-refractivity contribution in [3.63, 3.8) is 0 Å². The molecule has 11 heavy (non-hydrogen) atoms. The standard InChI is InChI=1S/C9H16O2/c1-4-9(11)5-8(6-10)7(2)3/h4,9-11H,1,5-6H2,2-3H3. The Morgan fingerprint density at radius 1 is 1.55 bits per heavy atom. The predicted molar refractivity (Wildman–Crippen MR) is 46.3 cm³/mol. The fourth-order valence-corrected chi connectivity index (χ4v) is 0.763. The highest BCUT2D eigenvalue weighted by Gasteiger charge is 2.03. The van der Waals surface area contributed by atoms with E-state index in [1.54, 1.807) is 0 Å². The van der Waals surface area contributed by atoms with Crippen LogP contribution in [0, 0.1) is 0 Å². The molecule has 0 aliphatic carbocycles. The molecular formula is C9H16O2. The van der Waals surface area contributed by atoms with Gasteiger partial charge in [0.2, 0.25) is 0 Å². The quantitative estimate of drug-likeness (QED) is 0.601. The van der Waals surface area contributed by atoms with E-state index < -0.39 is 6.10 Å². The highest BCUT2D eigenvalue weighted by molar-refractivity contribution is 5.12. The van der Waals surface area contributed by atoms with Crippen LogP contribution in [0.1, 0.15) is 20.3 Å². The largest absolute Gasteiger partial charge is 0.392 e. The Morgan fingerprint density at radius 2 is 2.09 bits per heavy atom. The van der Waals surface area contributed by atoms with Crippen molar-refractivity contribution in [1.82, 2.24) is 0 Å². The normalized spacial score (nSPS) is 12.4. The van der Waals surface area contributed by atoms with E-state index in [1.807, 2.05) is 13.8 Å². The van der Waals surface area contributed by atoms with E-state index in [1.165, 1.54) is 6.08 Å². The molecule has 0 aromatic carbocycles. The fourth-order valence-electron chi connectivity index (χ4n) is 0.763. The summed E-state index contributed by atoms with van der Waals surface area (Å²) in [6.07, 6.45) is 1.42. The molecule has 0 heterocycles. The van der Waals surface area contributed by atoms with Crippen LogP contribution in [0.4, 0.5) is 0 Å². The summed E-state index contributed by atoms with van der Waals surface area (Å²) in [5.74, 6) is 0. The summed E-state index contributed by atoms with van der Waals surface area (Å²) < 4.78 is 0. The molecule has 0 aromatic heterocycles. The highest BCUT2D eigenvalue weighted by atomic mass is 16.3. The lowest BCUT2D eigenvalue weighted by molar-refractivity contribution is 0.214. The van der Waals surface area contributed by atoms with E-state index in [2.05, 4.69) is 6.58 Å². The summed E-state index contributed by atoms with van der Waals surface area (Å²) in [6, 6.07) is 0. The lowest BCUT2D eigenvalue weighted by Gasteiger charge is -2.08. The van der Waals surface area contributed by atoms with Crippen molar-refractivity contribution in [2.24, 2.45) is 0 Å². The Labute approximate surface area is 67.9 Å². The number of hydrogen-bond acceptors (Lipinski definition) is 2. The first-order valence-electron chi connectivity index (χ1n) is 3.68. The van der Waals surface area contributed by atoms with Gasteiger partial charge in [0, 0.05) is 6.42 Å². The predicted octanol–water partition coefficient (Wildman–Crippen LogP) is 1.25. The molecule has 0 aliphatic heterocycles. The van der Waals surface area contributed by atoms with Crippen LogP contribution in [0.25, 0.3) is 0 Å². The van der Waals surface area contributed by atoms with E-state index in [-0.39, 0.29) is 6.61 Å². The first kappa shape index (κ1) is 10.4. The fraction of sp³-hybridized carbons (Fsp3) is 0.556. The third-order valence-corrected chi connectivity index (χ3v) is 1.63. The van der Waals surface area contributed by atoms with Crippen LogP contribution in [0.2, 0.25) is 0 Å². The number of rotatable bonds is 4. The zero-order valence-corrected chi connectivity index (χ0v) is 7.17. The Morgan fingerprint density at radius 3 is 2.36 bits per heavy atom. The minimum atomic E-state index is -0.535. The molecular weight excluding hydrogens is 140 g/mol. The minimum absolute atomic E-state index is 0.0211. The average molecular weight is 156 g/mol. The van der Waals surface area contributed by atoms with Crippen LogP contribution >= 0.6 is 0 Å². The maximum atomic E-state index is 9.14. The lowest BCUT2D eigenvalue weighted by Crippen LogP contribution is -2.06. The van der Waals surface area contributed by atoms with Gasteiger partial charge in [0.1, 0.15) is 0 Å². The molecule has 64 valence electrons. The topological polar surface area (TPSA) is 40.5 Å². The number of allylic oxidation sites excluding steroid dienone is 1. The van der Waals surface area contributed by atoms with Crippen molar-refractivity contribution in [2.45, 2.75) is 26.4 Å². The molecule has 0 bridgehead atoms. The second-order valence-electron chi connectivity index (χ2n) is 2.77. The van der Waals surface area contributed by atoms with E-state index in [0.29, 0.717) is 6.42 Å². The zero-order chi connectivity index (χ0) is 8.85. The van der Waals surface area contributed by atoms with Crippen LogP contribution in [0.15, 0.2) is 23.8 Å². The van der Waals surface area contributed by atoms with Gasteiger partial charge in [-0.05, 0) is 19.4 Å². The van der Waals surface area contributed by atoms with Crippen molar-refractivity contribution in [2.75, 3.05) is 6.61 Å². The van der Waals surface area contributed by atoms with Gasteiger partial charge < -0.3 is 10.2 Å². The molecule has 0 aromatic rings. The van der Waals surface area contributed by atoms with Gasteiger partial charge in [0.25, 0.3) is 0 Å². The summed E-state index contributed by atoms with van der Waals surface area (Å²) in [5.41, 5.74) is 1.95. The average Bonchev–Trinajstić information content (AvgIpc) is 1.99. The van der Waals surface area contributed by atoms with Crippen molar-refractivity contribution in [1.29, 1.82) is 0 Å². The van der Waals surface area contributed by atoms with E-state index in [9.17, 15) is 0 Å². The van der Waals surface area contributed by atoms with Crippen molar-refractivity contribution in [3.8, 4) is 0 Å². The minimum Gasteiger partial charge on any atom is -0.392 e. The highest BCUT2D eigenvalue weighted by Crippen LogP contribution is 2.10. The molecule has 0 saturated carbocycles. The Balaban J connectivity index is 4.10. The van der Waals surface area contributed by atoms with Crippen LogP contribution < -0.4 is 0 Å². The molecule has 1 unspecified atom stereocenters. The van der Waals surface area contributed by atoms with Crippen molar-refractivity contribution >= 4 is 0 Å². The molecule has 2 N–H and O–H groups in total. The van der Waals surface area contributed by atoms with Gasteiger partial charge in [0.15, 0.2) is 0 Å². The third kappa shape index (κ3) is 3.96.